The average Bonchev–Trinajstić information content (AvgIpc) is 2.74. The molecular weight excluding hydrogens is 378 g/mol. The van der Waals surface area contributed by atoms with Crippen LogP contribution in [0.2, 0.25) is 0 Å². The van der Waals surface area contributed by atoms with Crippen LogP contribution < -0.4 is 15.0 Å². The largest absolute Gasteiger partial charge is 0.494 e. The molecule has 1 saturated heterocycles. The van der Waals surface area contributed by atoms with Gasteiger partial charge in [-0.25, -0.2) is 9.97 Å². The summed E-state index contributed by atoms with van der Waals surface area (Å²) in [5, 5.41) is 2.98. The lowest BCUT2D eigenvalue weighted by Crippen LogP contribution is -2.45. The van der Waals surface area contributed by atoms with Crippen molar-refractivity contribution in [3.63, 3.8) is 0 Å². The van der Waals surface area contributed by atoms with Crippen LogP contribution in [0.1, 0.15) is 47.9 Å². The minimum absolute atomic E-state index is 0.172. The van der Waals surface area contributed by atoms with E-state index >= 15 is 0 Å². The number of nitrogens with zero attached hydrogens (tertiary/aromatic N) is 4. The molecule has 1 aromatic carbocycles. The quantitative estimate of drug-likeness (QED) is 0.669. The van der Waals surface area contributed by atoms with Crippen LogP contribution in [0.4, 0.5) is 11.6 Å². The molecule has 0 unspecified atom stereocenters. The van der Waals surface area contributed by atoms with E-state index in [1.807, 2.05) is 26.0 Å². The second-order valence-corrected chi connectivity index (χ2v) is 7.89. The molecule has 3 rings (SSSR count). The molecule has 7 heteroatoms. The Kier molecular flexibility index (Phi) is 7.63. The number of benzene rings is 1. The fraction of sp³-hybridized carbons (Fsp3) is 0.522. The summed E-state index contributed by atoms with van der Waals surface area (Å²) in [6, 6.07) is 7.25. The number of piperazine rings is 1. The zero-order valence-electron chi connectivity index (χ0n) is 18.6. The highest BCUT2D eigenvalue weighted by Crippen LogP contribution is 2.22. The van der Waals surface area contributed by atoms with Crippen LogP contribution >= 0.6 is 0 Å². The molecule has 0 atom stereocenters. The second-order valence-electron chi connectivity index (χ2n) is 7.89. The first kappa shape index (κ1) is 22.0. The van der Waals surface area contributed by atoms with E-state index in [2.05, 4.69) is 39.1 Å². The summed E-state index contributed by atoms with van der Waals surface area (Å²) in [7, 11) is 2.12. The number of ether oxygens (including phenoxy) is 1. The van der Waals surface area contributed by atoms with Crippen molar-refractivity contribution in [3.05, 3.63) is 41.2 Å². The molecule has 7 nitrogen and oxygen atoms in total. The highest BCUT2D eigenvalue weighted by atomic mass is 16.5. The minimum Gasteiger partial charge on any atom is -0.494 e. The Balaban J connectivity index is 1.63. The van der Waals surface area contributed by atoms with E-state index in [1.54, 1.807) is 12.1 Å². The van der Waals surface area contributed by atoms with Crippen molar-refractivity contribution in [2.45, 2.75) is 40.0 Å². The van der Waals surface area contributed by atoms with Gasteiger partial charge in [-0.05, 0) is 51.6 Å². The molecule has 0 bridgehead atoms. The number of rotatable bonds is 8. The molecule has 1 aliphatic rings. The molecule has 1 N–H and O–H groups in total. The maximum absolute atomic E-state index is 12.7. The van der Waals surface area contributed by atoms with E-state index in [4.69, 9.17) is 4.74 Å². The van der Waals surface area contributed by atoms with Crippen LogP contribution in [0.25, 0.3) is 0 Å². The molecule has 1 aliphatic heterocycles. The van der Waals surface area contributed by atoms with Gasteiger partial charge in [0.25, 0.3) is 5.91 Å². The lowest BCUT2D eigenvalue weighted by molar-refractivity contribution is 0.102. The van der Waals surface area contributed by atoms with E-state index < -0.39 is 0 Å². The number of carbonyl (C=O) groups is 1. The van der Waals surface area contributed by atoms with Gasteiger partial charge >= 0.3 is 0 Å². The van der Waals surface area contributed by atoms with Crippen LogP contribution in [-0.4, -0.2) is 60.6 Å². The number of aromatic nitrogens is 2. The van der Waals surface area contributed by atoms with Crippen LogP contribution in [0, 0.1) is 13.8 Å². The molecule has 2 heterocycles. The smallest absolute Gasteiger partial charge is 0.255 e. The topological polar surface area (TPSA) is 70.6 Å². The Morgan fingerprint density at radius 3 is 2.27 bits per heavy atom. The Bertz CT molecular complexity index is 822. The molecule has 1 aromatic heterocycles. The maximum atomic E-state index is 12.7. The Hall–Kier alpha value is -2.67. The third-order valence-electron chi connectivity index (χ3n) is 5.42. The summed E-state index contributed by atoms with van der Waals surface area (Å²) >= 11 is 0. The first-order valence-corrected chi connectivity index (χ1v) is 10.8. The number of unbranched alkanes of at least 4 members (excludes halogenated alkanes) is 2. The Morgan fingerprint density at radius 2 is 1.67 bits per heavy atom. The monoisotopic (exact) mass is 411 g/mol. The molecule has 1 amide bonds. The number of amides is 1. The maximum Gasteiger partial charge on any atom is 0.255 e. The zero-order chi connectivity index (χ0) is 21.5. The van der Waals surface area contributed by atoms with Gasteiger partial charge in [-0.2, -0.15) is 0 Å². The van der Waals surface area contributed by atoms with Crippen molar-refractivity contribution in [1.82, 2.24) is 14.9 Å². The highest BCUT2D eigenvalue weighted by molar-refractivity contribution is 6.04. The lowest BCUT2D eigenvalue weighted by Gasteiger charge is -2.32. The molecule has 2 aromatic rings. The van der Waals surface area contributed by atoms with Crippen LogP contribution in [0.3, 0.4) is 0 Å². The summed E-state index contributed by atoms with van der Waals surface area (Å²) in [5.41, 5.74) is 2.82. The van der Waals surface area contributed by atoms with E-state index in [0.29, 0.717) is 17.9 Å². The molecule has 0 spiro atoms. The molecule has 0 saturated carbocycles. The summed E-state index contributed by atoms with van der Waals surface area (Å²) in [4.78, 5) is 26.5. The number of carbonyl (C=O) groups excluding carboxylic acids is 1. The zero-order valence-corrected chi connectivity index (χ0v) is 18.6. The second kappa shape index (κ2) is 10.4. The Morgan fingerprint density at radius 1 is 1.03 bits per heavy atom. The van der Waals surface area contributed by atoms with Gasteiger partial charge in [0, 0.05) is 31.7 Å². The van der Waals surface area contributed by atoms with Gasteiger partial charge in [-0.1, -0.05) is 19.8 Å². The van der Waals surface area contributed by atoms with E-state index in [-0.39, 0.29) is 5.91 Å². The number of likely N-dealkylation sites (N-methyl/N-ethyl adjacent to an activating group) is 1. The first-order chi connectivity index (χ1) is 14.5. The van der Waals surface area contributed by atoms with Crippen molar-refractivity contribution < 1.29 is 9.53 Å². The number of anilines is 2. The van der Waals surface area contributed by atoms with Crippen LogP contribution in [0.5, 0.6) is 5.75 Å². The third kappa shape index (κ3) is 5.69. The standard InChI is InChI=1S/C23H33N5O2/c1-5-6-7-16-30-20-10-8-19(9-11-20)22(29)26-21-17(2)24-23(25-18(21)3)28-14-12-27(4)13-15-28/h8-11H,5-7,12-16H2,1-4H3,(H,26,29). The molecule has 162 valence electrons. The Labute approximate surface area is 179 Å². The fourth-order valence-corrected chi connectivity index (χ4v) is 3.46. The van der Waals surface area contributed by atoms with Crippen LogP contribution in [-0.2, 0) is 0 Å². The van der Waals surface area contributed by atoms with Crippen molar-refractivity contribution in [2.75, 3.05) is 50.1 Å². The van der Waals surface area contributed by atoms with E-state index in [9.17, 15) is 4.79 Å². The normalized spacial score (nSPS) is 14.6. The average molecular weight is 412 g/mol. The minimum atomic E-state index is -0.172. The first-order valence-electron chi connectivity index (χ1n) is 10.8. The predicted octanol–water partition coefficient (Wildman–Crippen LogP) is 3.67. The molecule has 0 radical (unpaired) electrons. The number of hydrogen-bond donors (Lipinski definition) is 1. The molecule has 1 fully saturated rings. The summed E-state index contributed by atoms with van der Waals surface area (Å²) < 4.78 is 5.72. The SMILES string of the molecule is CCCCCOc1ccc(C(=O)Nc2c(C)nc(N3CCN(C)CC3)nc2C)cc1. The van der Waals surface area contributed by atoms with Gasteiger partial charge in [-0.15, -0.1) is 0 Å². The summed E-state index contributed by atoms with van der Waals surface area (Å²) in [6.07, 6.45) is 3.37. The van der Waals surface area contributed by atoms with E-state index in [1.165, 1.54) is 6.42 Å². The molecular formula is C23H33N5O2. The highest BCUT2D eigenvalue weighted by Gasteiger charge is 2.19. The fourth-order valence-electron chi connectivity index (χ4n) is 3.46. The van der Waals surface area contributed by atoms with Gasteiger partial charge in [0.15, 0.2) is 0 Å². The van der Waals surface area contributed by atoms with Gasteiger partial charge in [-0.3, -0.25) is 4.79 Å². The van der Waals surface area contributed by atoms with Crippen molar-refractivity contribution in [2.24, 2.45) is 0 Å². The van der Waals surface area contributed by atoms with E-state index in [0.717, 1.165) is 62.1 Å². The predicted molar refractivity (Wildman–Crippen MR) is 121 cm³/mol. The molecule has 0 aliphatic carbocycles. The summed E-state index contributed by atoms with van der Waals surface area (Å²) in [5.74, 6) is 1.35. The van der Waals surface area contributed by atoms with Gasteiger partial charge in [0.2, 0.25) is 5.95 Å². The number of nitrogens with one attached hydrogen (secondary N) is 1. The van der Waals surface area contributed by atoms with Crippen LogP contribution in [0.15, 0.2) is 24.3 Å². The van der Waals surface area contributed by atoms with Gasteiger partial charge in [0.05, 0.1) is 23.7 Å². The number of hydrogen-bond acceptors (Lipinski definition) is 6. The van der Waals surface area contributed by atoms with Crippen molar-refractivity contribution in [1.29, 1.82) is 0 Å². The van der Waals surface area contributed by atoms with Gasteiger partial charge in [0.1, 0.15) is 5.75 Å². The lowest BCUT2D eigenvalue weighted by atomic mass is 10.2. The third-order valence-corrected chi connectivity index (χ3v) is 5.42. The molecule has 30 heavy (non-hydrogen) atoms. The van der Waals surface area contributed by atoms with Gasteiger partial charge < -0.3 is 19.9 Å². The number of aryl methyl sites for hydroxylation is 2. The van der Waals surface area contributed by atoms with Crippen molar-refractivity contribution >= 4 is 17.5 Å². The summed E-state index contributed by atoms with van der Waals surface area (Å²) in [6.45, 7) is 10.5. The van der Waals surface area contributed by atoms with Crippen molar-refractivity contribution in [3.8, 4) is 5.75 Å².